The molecule has 1 aromatic heterocycles. The molecule has 1 unspecified atom stereocenters. The summed E-state index contributed by atoms with van der Waals surface area (Å²) in [6, 6.07) is 10.2. The molecule has 0 aliphatic heterocycles. The molecule has 6 nitrogen and oxygen atoms in total. The van der Waals surface area contributed by atoms with E-state index in [1.54, 1.807) is 30.5 Å². The molecule has 23 heavy (non-hydrogen) atoms. The molecule has 3 aromatic rings. The standard InChI is InChI=1S/C16H15N3O3S/c1-22-12-6-10(5-11(20)7-12)19-16-14-8-13(23(2)21)3-4-15(14)17-9-18-16/h3-9,20H,1-2H3,(H,17,18,19). The van der Waals surface area contributed by atoms with Gasteiger partial charge in [-0.25, -0.2) is 9.97 Å². The first kappa shape index (κ1) is 15.4. The lowest BCUT2D eigenvalue weighted by Gasteiger charge is -2.11. The number of rotatable bonds is 4. The van der Waals surface area contributed by atoms with E-state index < -0.39 is 11.2 Å². The van der Waals surface area contributed by atoms with E-state index in [0.29, 0.717) is 22.2 Å². The maximum absolute atomic E-state index is 11.7. The topological polar surface area (TPSA) is 90.3 Å². The predicted molar refractivity (Wildman–Crippen MR) is 89.8 cm³/mol. The first-order valence-electron chi connectivity index (χ1n) is 6.80. The molecule has 0 fully saturated rings. The van der Waals surface area contributed by atoms with Crippen LogP contribution in [0.2, 0.25) is 0 Å². The molecule has 1 atom stereocenters. The highest BCUT2D eigenvalue weighted by Crippen LogP contribution is 2.29. The van der Waals surface area contributed by atoms with Gasteiger partial charge in [-0.05, 0) is 23.3 Å². The van der Waals surface area contributed by atoms with Gasteiger partial charge in [0.1, 0.15) is 29.9 Å². The van der Waals surface area contributed by atoms with Gasteiger partial charge in [-0.15, -0.1) is 0 Å². The number of hydrogen-bond donors (Lipinski definition) is 2. The molecule has 3 rings (SSSR count). The van der Waals surface area contributed by atoms with Crippen molar-refractivity contribution < 1.29 is 14.4 Å². The number of phenolic OH excluding ortho intramolecular Hbond substituents is 1. The van der Waals surface area contributed by atoms with Crippen molar-refractivity contribution in [3.05, 3.63) is 42.7 Å². The summed E-state index contributed by atoms with van der Waals surface area (Å²) in [6.07, 6.45) is 3.07. The van der Waals surface area contributed by atoms with E-state index in [4.69, 9.17) is 4.74 Å². The number of ether oxygens (including phenoxy) is 1. The van der Waals surface area contributed by atoms with E-state index in [9.17, 15) is 9.66 Å². The summed E-state index contributed by atoms with van der Waals surface area (Å²) in [6.45, 7) is 0. The van der Waals surface area contributed by atoms with Crippen LogP contribution in [0.3, 0.4) is 0 Å². The first-order valence-corrected chi connectivity index (χ1v) is 8.36. The van der Waals surface area contributed by atoms with Gasteiger partial charge in [0.25, 0.3) is 0 Å². The van der Waals surface area contributed by atoms with Gasteiger partial charge in [-0.3, -0.25) is 0 Å². The Morgan fingerprint density at radius 3 is 2.74 bits per heavy atom. The van der Waals surface area contributed by atoms with Crippen LogP contribution in [0.15, 0.2) is 47.6 Å². The fourth-order valence-corrected chi connectivity index (χ4v) is 2.77. The normalized spacial score (nSPS) is 12.1. The zero-order valence-electron chi connectivity index (χ0n) is 12.6. The Labute approximate surface area is 136 Å². The number of aromatic nitrogens is 2. The Kier molecular flexibility index (Phi) is 4.22. The van der Waals surface area contributed by atoms with Gasteiger partial charge in [0, 0.05) is 35.3 Å². The van der Waals surface area contributed by atoms with E-state index in [1.165, 1.54) is 19.5 Å². The first-order chi connectivity index (χ1) is 11.1. The molecule has 0 saturated heterocycles. The summed E-state index contributed by atoms with van der Waals surface area (Å²) in [4.78, 5) is 9.15. The molecular weight excluding hydrogens is 314 g/mol. The summed E-state index contributed by atoms with van der Waals surface area (Å²) in [7, 11) is 1.53. The summed E-state index contributed by atoms with van der Waals surface area (Å²) >= 11 is -1.09. The SMILES string of the molecule is COc1cc(O)cc(Nc2ncnc3ccc([S+](C)[O-])cc23)c1. The fraction of sp³-hybridized carbons (Fsp3) is 0.125. The van der Waals surface area contributed by atoms with E-state index in [0.717, 1.165) is 10.9 Å². The van der Waals surface area contributed by atoms with Crippen LogP contribution in [0, 0.1) is 0 Å². The Hall–Kier alpha value is -2.51. The second-order valence-corrected chi connectivity index (χ2v) is 6.28. The van der Waals surface area contributed by atoms with Crippen LogP contribution >= 0.6 is 0 Å². The largest absolute Gasteiger partial charge is 0.612 e. The number of phenols is 1. The molecule has 0 amide bonds. The molecule has 1 heterocycles. The smallest absolute Gasteiger partial charge is 0.153 e. The third kappa shape index (κ3) is 3.30. The summed E-state index contributed by atoms with van der Waals surface area (Å²) in [5, 5.41) is 13.6. The minimum atomic E-state index is -1.09. The van der Waals surface area contributed by atoms with Crippen molar-refractivity contribution in [2.75, 3.05) is 18.7 Å². The minimum Gasteiger partial charge on any atom is -0.612 e. The molecule has 2 N–H and O–H groups in total. The lowest BCUT2D eigenvalue weighted by atomic mass is 10.2. The van der Waals surface area contributed by atoms with Crippen molar-refractivity contribution in [1.82, 2.24) is 9.97 Å². The lowest BCUT2D eigenvalue weighted by Crippen LogP contribution is -2.00. The number of hydrogen-bond acceptors (Lipinski definition) is 6. The second kappa shape index (κ2) is 6.31. The molecule has 0 saturated carbocycles. The molecular formula is C16H15N3O3S. The Morgan fingerprint density at radius 2 is 2.00 bits per heavy atom. The lowest BCUT2D eigenvalue weighted by molar-refractivity contribution is 0.408. The van der Waals surface area contributed by atoms with Crippen molar-refractivity contribution >= 4 is 33.6 Å². The molecule has 0 radical (unpaired) electrons. The molecule has 0 spiro atoms. The number of benzene rings is 2. The van der Waals surface area contributed by atoms with Crippen molar-refractivity contribution in [3.8, 4) is 11.5 Å². The number of aromatic hydroxyl groups is 1. The molecule has 118 valence electrons. The van der Waals surface area contributed by atoms with Crippen LogP contribution < -0.4 is 10.1 Å². The van der Waals surface area contributed by atoms with E-state index in [1.807, 2.05) is 6.07 Å². The number of fused-ring (bicyclic) bond motifs is 1. The Balaban J connectivity index is 2.05. The molecule has 0 bridgehead atoms. The highest BCUT2D eigenvalue weighted by Gasteiger charge is 2.11. The zero-order valence-corrected chi connectivity index (χ0v) is 13.4. The molecule has 0 aliphatic rings. The summed E-state index contributed by atoms with van der Waals surface area (Å²) < 4.78 is 16.8. The van der Waals surface area contributed by atoms with Crippen molar-refractivity contribution in [1.29, 1.82) is 0 Å². The summed E-state index contributed by atoms with van der Waals surface area (Å²) in [5.74, 6) is 1.18. The van der Waals surface area contributed by atoms with Crippen LogP contribution in [0.25, 0.3) is 10.9 Å². The van der Waals surface area contributed by atoms with E-state index in [2.05, 4.69) is 15.3 Å². The van der Waals surface area contributed by atoms with Crippen molar-refractivity contribution in [3.63, 3.8) is 0 Å². The Morgan fingerprint density at radius 1 is 1.17 bits per heavy atom. The predicted octanol–water partition coefficient (Wildman–Crippen LogP) is 2.83. The monoisotopic (exact) mass is 329 g/mol. The maximum Gasteiger partial charge on any atom is 0.153 e. The third-order valence-corrected chi connectivity index (χ3v) is 4.25. The van der Waals surface area contributed by atoms with Gasteiger partial charge in [-0.2, -0.15) is 0 Å². The van der Waals surface area contributed by atoms with Gasteiger partial charge in [-0.1, -0.05) is 0 Å². The van der Waals surface area contributed by atoms with Crippen LogP contribution in [-0.4, -0.2) is 33.0 Å². The van der Waals surface area contributed by atoms with Gasteiger partial charge >= 0.3 is 0 Å². The number of anilines is 2. The van der Waals surface area contributed by atoms with Crippen LogP contribution in [0.5, 0.6) is 11.5 Å². The average Bonchev–Trinajstić information content (AvgIpc) is 2.54. The molecule has 2 aromatic carbocycles. The molecule has 0 aliphatic carbocycles. The van der Waals surface area contributed by atoms with Crippen molar-refractivity contribution in [2.45, 2.75) is 4.90 Å². The van der Waals surface area contributed by atoms with Crippen LogP contribution in [0.1, 0.15) is 0 Å². The second-order valence-electron chi connectivity index (χ2n) is 4.90. The van der Waals surface area contributed by atoms with Crippen LogP contribution in [0.4, 0.5) is 11.5 Å². The van der Waals surface area contributed by atoms with Gasteiger partial charge in [0.15, 0.2) is 4.90 Å². The van der Waals surface area contributed by atoms with E-state index >= 15 is 0 Å². The van der Waals surface area contributed by atoms with Gasteiger partial charge in [0.05, 0.1) is 12.6 Å². The number of nitrogens with one attached hydrogen (secondary N) is 1. The third-order valence-electron chi connectivity index (χ3n) is 3.33. The summed E-state index contributed by atoms with van der Waals surface area (Å²) in [5.41, 5.74) is 1.37. The van der Waals surface area contributed by atoms with E-state index in [-0.39, 0.29) is 5.75 Å². The molecule has 7 heteroatoms. The zero-order chi connectivity index (χ0) is 16.4. The van der Waals surface area contributed by atoms with Gasteiger partial charge in [0.2, 0.25) is 0 Å². The van der Waals surface area contributed by atoms with Gasteiger partial charge < -0.3 is 19.7 Å². The Bertz CT molecular complexity index is 855. The van der Waals surface area contributed by atoms with Crippen molar-refractivity contribution in [2.24, 2.45) is 0 Å². The quantitative estimate of drug-likeness (QED) is 0.715. The average molecular weight is 329 g/mol. The minimum absolute atomic E-state index is 0.0839. The maximum atomic E-state index is 11.7. The van der Waals surface area contributed by atoms with Crippen LogP contribution in [-0.2, 0) is 11.2 Å². The highest BCUT2D eigenvalue weighted by molar-refractivity contribution is 7.90. The fourth-order valence-electron chi connectivity index (χ4n) is 2.22. The number of nitrogens with zero attached hydrogens (tertiary/aromatic N) is 2. The number of methoxy groups -OCH3 is 1. The highest BCUT2D eigenvalue weighted by atomic mass is 32.2.